The Morgan fingerprint density at radius 1 is 1.05 bits per heavy atom. The van der Waals surface area contributed by atoms with Gasteiger partial charge in [-0.2, -0.15) is 0 Å². The zero-order valence-corrected chi connectivity index (χ0v) is 13.1. The average molecular weight is 293 g/mol. The standard InChI is InChI=1S/C19H23N3/c1-2-16(20)19-21-17-12-6-7-13-18(17)22(19)14-8-11-15-9-4-3-5-10-15/h3-7,9-10,12-13,16H,2,8,11,14,20H2,1H3. The lowest BCUT2D eigenvalue weighted by Crippen LogP contribution is -2.16. The lowest BCUT2D eigenvalue weighted by atomic mass is 10.1. The molecule has 0 saturated heterocycles. The summed E-state index contributed by atoms with van der Waals surface area (Å²) in [5.41, 5.74) is 9.87. The Kier molecular flexibility index (Phi) is 4.54. The van der Waals surface area contributed by atoms with Crippen molar-refractivity contribution < 1.29 is 0 Å². The Morgan fingerprint density at radius 2 is 1.77 bits per heavy atom. The third-order valence-corrected chi connectivity index (χ3v) is 4.15. The number of aromatic nitrogens is 2. The van der Waals surface area contributed by atoms with Gasteiger partial charge in [0.1, 0.15) is 5.82 Å². The molecule has 2 aromatic carbocycles. The molecule has 0 spiro atoms. The van der Waals surface area contributed by atoms with E-state index in [1.807, 2.05) is 6.07 Å². The minimum absolute atomic E-state index is 0.00382. The molecule has 2 N–H and O–H groups in total. The van der Waals surface area contributed by atoms with E-state index in [0.29, 0.717) is 0 Å². The summed E-state index contributed by atoms with van der Waals surface area (Å²) in [4.78, 5) is 4.75. The molecule has 0 bridgehead atoms. The number of aryl methyl sites for hydroxylation is 2. The molecule has 1 atom stereocenters. The average Bonchev–Trinajstić information content (AvgIpc) is 2.94. The summed E-state index contributed by atoms with van der Waals surface area (Å²) in [6.07, 6.45) is 3.07. The van der Waals surface area contributed by atoms with Gasteiger partial charge in [-0.15, -0.1) is 0 Å². The number of nitrogens with zero attached hydrogens (tertiary/aromatic N) is 2. The van der Waals surface area contributed by atoms with E-state index in [9.17, 15) is 0 Å². The molecule has 0 aliphatic carbocycles. The Morgan fingerprint density at radius 3 is 2.55 bits per heavy atom. The molecule has 3 aromatic rings. The van der Waals surface area contributed by atoms with E-state index >= 15 is 0 Å². The van der Waals surface area contributed by atoms with E-state index in [0.717, 1.165) is 37.1 Å². The molecule has 114 valence electrons. The van der Waals surface area contributed by atoms with Crippen LogP contribution in [-0.2, 0) is 13.0 Å². The number of benzene rings is 2. The van der Waals surface area contributed by atoms with Crippen molar-refractivity contribution in [1.29, 1.82) is 0 Å². The molecule has 1 unspecified atom stereocenters. The zero-order valence-electron chi connectivity index (χ0n) is 13.1. The van der Waals surface area contributed by atoms with Gasteiger partial charge in [-0.3, -0.25) is 0 Å². The van der Waals surface area contributed by atoms with Crippen LogP contribution in [0.3, 0.4) is 0 Å². The molecule has 22 heavy (non-hydrogen) atoms. The van der Waals surface area contributed by atoms with Crippen molar-refractivity contribution in [2.45, 2.75) is 38.8 Å². The maximum absolute atomic E-state index is 6.26. The molecule has 1 heterocycles. The quantitative estimate of drug-likeness (QED) is 0.744. The molecule has 0 amide bonds. The number of rotatable bonds is 6. The Bertz CT molecular complexity index is 731. The second-order valence-electron chi connectivity index (χ2n) is 5.71. The van der Waals surface area contributed by atoms with Gasteiger partial charge >= 0.3 is 0 Å². The maximum Gasteiger partial charge on any atom is 0.126 e. The third kappa shape index (κ3) is 3.04. The molecule has 3 rings (SSSR count). The van der Waals surface area contributed by atoms with Crippen LogP contribution in [0.2, 0.25) is 0 Å². The SMILES string of the molecule is CCC(N)c1nc2ccccc2n1CCCc1ccccc1. The summed E-state index contributed by atoms with van der Waals surface area (Å²) < 4.78 is 2.30. The maximum atomic E-state index is 6.26. The first-order valence-electron chi connectivity index (χ1n) is 8.04. The number of hydrogen-bond donors (Lipinski definition) is 1. The molecule has 0 aliphatic heterocycles. The number of nitrogens with two attached hydrogens (primary N) is 1. The highest BCUT2D eigenvalue weighted by molar-refractivity contribution is 5.76. The van der Waals surface area contributed by atoms with Crippen LogP contribution in [0.4, 0.5) is 0 Å². The van der Waals surface area contributed by atoms with Gasteiger partial charge in [-0.25, -0.2) is 4.98 Å². The van der Waals surface area contributed by atoms with Crippen molar-refractivity contribution in [2.24, 2.45) is 5.73 Å². The van der Waals surface area contributed by atoms with Gasteiger partial charge in [-0.1, -0.05) is 49.4 Å². The predicted molar refractivity (Wildman–Crippen MR) is 91.7 cm³/mol. The molecular formula is C19H23N3. The fraction of sp³-hybridized carbons (Fsp3) is 0.316. The van der Waals surface area contributed by atoms with E-state index in [-0.39, 0.29) is 6.04 Å². The van der Waals surface area contributed by atoms with Gasteiger partial charge in [0.15, 0.2) is 0 Å². The lowest BCUT2D eigenvalue weighted by molar-refractivity contribution is 0.564. The van der Waals surface area contributed by atoms with Gasteiger partial charge in [0.05, 0.1) is 17.1 Å². The van der Waals surface area contributed by atoms with Crippen LogP contribution in [0.1, 0.15) is 37.2 Å². The van der Waals surface area contributed by atoms with Gasteiger partial charge in [0.2, 0.25) is 0 Å². The topological polar surface area (TPSA) is 43.8 Å². The molecule has 0 saturated carbocycles. The largest absolute Gasteiger partial charge is 0.327 e. The fourth-order valence-corrected chi connectivity index (χ4v) is 2.88. The minimum atomic E-state index is 0.00382. The highest BCUT2D eigenvalue weighted by Gasteiger charge is 2.15. The van der Waals surface area contributed by atoms with Crippen LogP contribution in [0.15, 0.2) is 54.6 Å². The van der Waals surface area contributed by atoms with Crippen molar-refractivity contribution in [3.05, 3.63) is 66.0 Å². The van der Waals surface area contributed by atoms with Crippen molar-refractivity contribution in [1.82, 2.24) is 9.55 Å². The highest BCUT2D eigenvalue weighted by Crippen LogP contribution is 2.22. The van der Waals surface area contributed by atoms with Gasteiger partial charge < -0.3 is 10.3 Å². The third-order valence-electron chi connectivity index (χ3n) is 4.15. The van der Waals surface area contributed by atoms with Crippen molar-refractivity contribution in [3.63, 3.8) is 0 Å². The zero-order chi connectivity index (χ0) is 15.4. The molecule has 3 nitrogen and oxygen atoms in total. The van der Waals surface area contributed by atoms with Crippen LogP contribution < -0.4 is 5.73 Å². The fourth-order valence-electron chi connectivity index (χ4n) is 2.88. The smallest absolute Gasteiger partial charge is 0.126 e. The number of para-hydroxylation sites is 2. The predicted octanol–water partition coefficient (Wildman–Crippen LogP) is 4.08. The van der Waals surface area contributed by atoms with Gasteiger partial charge in [0.25, 0.3) is 0 Å². The van der Waals surface area contributed by atoms with Crippen LogP contribution in [0, 0.1) is 0 Å². The Balaban J connectivity index is 1.82. The summed E-state index contributed by atoms with van der Waals surface area (Å²) in [6, 6.07) is 18.9. The molecule has 0 fully saturated rings. The Labute approximate surface area is 131 Å². The number of fused-ring (bicyclic) bond motifs is 1. The van der Waals surface area contributed by atoms with Crippen LogP contribution >= 0.6 is 0 Å². The number of hydrogen-bond acceptors (Lipinski definition) is 2. The van der Waals surface area contributed by atoms with Gasteiger partial charge in [0, 0.05) is 6.54 Å². The summed E-state index contributed by atoms with van der Waals surface area (Å²) in [6.45, 7) is 3.07. The second kappa shape index (κ2) is 6.75. The monoisotopic (exact) mass is 293 g/mol. The highest BCUT2D eigenvalue weighted by atomic mass is 15.1. The van der Waals surface area contributed by atoms with Crippen LogP contribution in [0.25, 0.3) is 11.0 Å². The van der Waals surface area contributed by atoms with Crippen LogP contribution in [0.5, 0.6) is 0 Å². The van der Waals surface area contributed by atoms with E-state index < -0.39 is 0 Å². The summed E-state index contributed by atoms with van der Waals surface area (Å²) in [7, 11) is 0. The first-order valence-corrected chi connectivity index (χ1v) is 8.04. The molecule has 3 heteroatoms. The van der Waals surface area contributed by atoms with E-state index in [1.165, 1.54) is 11.1 Å². The van der Waals surface area contributed by atoms with Crippen molar-refractivity contribution >= 4 is 11.0 Å². The summed E-state index contributed by atoms with van der Waals surface area (Å²) in [5, 5.41) is 0. The van der Waals surface area contributed by atoms with Crippen molar-refractivity contribution in [2.75, 3.05) is 0 Å². The van der Waals surface area contributed by atoms with E-state index in [4.69, 9.17) is 10.7 Å². The summed E-state index contributed by atoms with van der Waals surface area (Å²) in [5.74, 6) is 1.01. The lowest BCUT2D eigenvalue weighted by Gasteiger charge is -2.13. The molecular weight excluding hydrogens is 270 g/mol. The minimum Gasteiger partial charge on any atom is -0.327 e. The normalized spacial score (nSPS) is 12.6. The first kappa shape index (κ1) is 14.8. The second-order valence-corrected chi connectivity index (χ2v) is 5.71. The van der Waals surface area contributed by atoms with Gasteiger partial charge in [-0.05, 0) is 37.0 Å². The Hall–Kier alpha value is -2.13. The van der Waals surface area contributed by atoms with Crippen LogP contribution in [-0.4, -0.2) is 9.55 Å². The molecule has 0 radical (unpaired) electrons. The molecule has 1 aromatic heterocycles. The first-order chi connectivity index (χ1) is 10.8. The summed E-state index contributed by atoms with van der Waals surface area (Å²) >= 11 is 0. The molecule has 0 aliphatic rings. The van der Waals surface area contributed by atoms with Crippen molar-refractivity contribution in [3.8, 4) is 0 Å². The van der Waals surface area contributed by atoms with E-state index in [1.54, 1.807) is 0 Å². The number of imidazole rings is 1. The van der Waals surface area contributed by atoms with E-state index in [2.05, 4.69) is 60.0 Å².